The zero-order valence-corrected chi connectivity index (χ0v) is 19.4. The Balaban J connectivity index is 1.81. The van der Waals surface area contributed by atoms with Crippen molar-refractivity contribution in [1.29, 1.82) is 5.26 Å². The molecule has 0 bridgehead atoms. The Hall–Kier alpha value is -2.57. The van der Waals surface area contributed by atoms with Crippen LogP contribution in [0, 0.1) is 35.5 Å². The summed E-state index contributed by atoms with van der Waals surface area (Å²) in [5.74, 6) is -1.77. The van der Waals surface area contributed by atoms with E-state index in [0.29, 0.717) is 25.9 Å². The van der Waals surface area contributed by atoms with Crippen LogP contribution in [0.4, 0.5) is 4.79 Å². The van der Waals surface area contributed by atoms with Gasteiger partial charge in [0.25, 0.3) is 0 Å². The summed E-state index contributed by atoms with van der Waals surface area (Å²) in [7, 11) is -1.73. The van der Waals surface area contributed by atoms with E-state index in [0.717, 1.165) is 11.1 Å². The number of nitrogens with one attached hydrogen (secondary N) is 1. The number of hydrogen-bond acceptors (Lipinski definition) is 6. The molecule has 1 aliphatic heterocycles. The molecule has 1 aliphatic rings. The molecule has 0 saturated carbocycles. The Labute approximate surface area is 190 Å². The van der Waals surface area contributed by atoms with Gasteiger partial charge < -0.3 is 25.0 Å². The quantitative estimate of drug-likeness (QED) is 0.529. The van der Waals surface area contributed by atoms with Crippen LogP contribution in [0.2, 0.25) is 0 Å². The van der Waals surface area contributed by atoms with Gasteiger partial charge in [0.15, 0.2) is 0 Å². The highest BCUT2D eigenvalue weighted by molar-refractivity contribution is 6.43. The maximum atomic E-state index is 12.7. The van der Waals surface area contributed by atoms with Crippen LogP contribution >= 0.6 is 0 Å². The van der Waals surface area contributed by atoms with E-state index in [1.165, 1.54) is 0 Å². The topological polar surface area (TPSA) is 123 Å². The zero-order valence-electron chi connectivity index (χ0n) is 19.4. The predicted molar refractivity (Wildman–Crippen MR) is 121 cm³/mol. The molecule has 1 unspecified atom stereocenters. The second-order valence-electron chi connectivity index (χ2n) is 9.84. The van der Waals surface area contributed by atoms with Crippen LogP contribution in [0.15, 0.2) is 24.3 Å². The average molecular weight is 443 g/mol. The predicted octanol–water partition coefficient (Wildman–Crippen LogP) is 2.07. The molecule has 1 fully saturated rings. The van der Waals surface area contributed by atoms with Gasteiger partial charge in [-0.3, -0.25) is 4.79 Å². The van der Waals surface area contributed by atoms with Gasteiger partial charge in [-0.2, -0.15) is 5.26 Å². The Morgan fingerprint density at radius 1 is 1.31 bits per heavy atom. The average Bonchev–Trinajstić information content (AvgIpc) is 3.19. The highest BCUT2D eigenvalue weighted by atomic mass is 16.5. The first-order valence-corrected chi connectivity index (χ1v) is 11.0. The minimum Gasteiger partial charge on any atom is -0.449 e. The normalized spacial score (nSPS) is 17.9. The highest BCUT2D eigenvalue weighted by Gasteiger charge is 2.34. The summed E-state index contributed by atoms with van der Waals surface area (Å²) in [6.45, 7) is 9.04. The number of amides is 2. The number of nitrogens with zero attached hydrogens (tertiary/aromatic N) is 2. The van der Waals surface area contributed by atoms with Crippen LogP contribution in [0.1, 0.15) is 44.7 Å². The lowest BCUT2D eigenvalue weighted by Gasteiger charge is -2.25. The molecule has 0 aliphatic carbocycles. The van der Waals surface area contributed by atoms with E-state index in [1.54, 1.807) is 4.90 Å². The van der Waals surface area contributed by atoms with Crippen LogP contribution in [-0.2, 0) is 16.0 Å². The molecule has 1 saturated heterocycles. The van der Waals surface area contributed by atoms with E-state index < -0.39 is 25.1 Å². The van der Waals surface area contributed by atoms with Gasteiger partial charge >= 0.3 is 13.2 Å². The lowest BCUT2D eigenvalue weighted by atomic mass is 9.76. The standard InChI is InChI=1S/C23H34BN3O5/c1-16-5-7-17(8-6-16)11-20(24(30)31)26-22(29)32-15-18-9-10-27(14-18)21(28)19(13-25)12-23(2,3)4/h5-8,18-20,30-31H,9-12,14-15H2,1-4H3,(H,26,29)/t18-,19?,20-/m0/s1. The van der Waals surface area contributed by atoms with Crippen molar-refractivity contribution in [3.63, 3.8) is 0 Å². The molecule has 1 aromatic carbocycles. The van der Waals surface area contributed by atoms with Crippen molar-refractivity contribution in [1.82, 2.24) is 10.2 Å². The third-order valence-corrected chi connectivity index (χ3v) is 5.56. The first kappa shape index (κ1) is 25.7. The SMILES string of the molecule is Cc1ccc(C[C@H](NC(=O)OC[C@H]2CCN(C(=O)C(C#N)CC(C)(C)C)C2)B(O)O)cc1. The van der Waals surface area contributed by atoms with Crippen LogP contribution in [0.3, 0.4) is 0 Å². The van der Waals surface area contributed by atoms with Gasteiger partial charge in [0.05, 0.1) is 18.6 Å². The molecule has 0 spiro atoms. The Morgan fingerprint density at radius 2 is 1.97 bits per heavy atom. The molecule has 0 radical (unpaired) electrons. The second-order valence-corrected chi connectivity index (χ2v) is 9.84. The summed E-state index contributed by atoms with van der Waals surface area (Å²) < 4.78 is 5.28. The molecule has 2 rings (SSSR count). The smallest absolute Gasteiger partial charge is 0.449 e. The van der Waals surface area contributed by atoms with Gasteiger partial charge in [0, 0.05) is 19.0 Å². The summed E-state index contributed by atoms with van der Waals surface area (Å²) in [6.07, 6.45) is 0.695. The van der Waals surface area contributed by atoms with Crippen LogP contribution in [0.5, 0.6) is 0 Å². The third-order valence-electron chi connectivity index (χ3n) is 5.56. The van der Waals surface area contributed by atoms with Crippen LogP contribution in [0.25, 0.3) is 0 Å². The molecule has 1 heterocycles. The number of hydrogen-bond donors (Lipinski definition) is 3. The van der Waals surface area contributed by atoms with Crippen molar-refractivity contribution in [2.75, 3.05) is 19.7 Å². The largest absolute Gasteiger partial charge is 0.475 e. The van der Waals surface area contributed by atoms with Gasteiger partial charge in [0.1, 0.15) is 5.92 Å². The fourth-order valence-electron chi connectivity index (χ4n) is 3.79. The van der Waals surface area contributed by atoms with Crippen molar-refractivity contribution >= 4 is 19.1 Å². The van der Waals surface area contributed by atoms with Crippen molar-refractivity contribution in [3.8, 4) is 6.07 Å². The Kier molecular flexibility index (Phi) is 9.11. The molecule has 2 amide bonds. The van der Waals surface area contributed by atoms with E-state index in [-0.39, 0.29) is 30.3 Å². The van der Waals surface area contributed by atoms with Gasteiger partial charge in [-0.25, -0.2) is 4.79 Å². The van der Waals surface area contributed by atoms with Crippen molar-refractivity contribution in [3.05, 3.63) is 35.4 Å². The van der Waals surface area contributed by atoms with Gasteiger partial charge in [0.2, 0.25) is 5.91 Å². The number of aryl methyl sites for hydroxylation is 1. The first-order valence-electron chi connectivity index (χ1n) is 11.0. The number of rotatable bonds is 8. The highest BCUT2D eigenvalue weighted by Crippen LogP contribution is 2.27. The molecular formula is C23H34BN3O5. The summed E-state index contributed by atoms with van der Waals surface area (Å²) in [4.78, 5) is 26.6. The number of likely N-dealkylation sites (tertiary alicyclic amines) is 1. The van der Waals surface area contributed by atoms with Gasteiger partial charge in [-0.05, 0) is 37.2 Å². The fraction of sp³-hybridized carbons (Fsp3) is 0.609. The van der Waals surface area contributed by atoms with Gasteiger partial charge in [-0.1, -0.05) is 50.6 Å². The van der Waals surface area contributed by atoms with Crippen molar-refractivity contribution in [2.45, 2.75) is 52.9 Å². The van der Waals surface area contributed by atoms with Crippen molar-refractivity contribution in [2.24, 2.45) is 17.3 Å². The van der Waals surface area contributed by atoms with E-state index in [2.05, 4.69) is 11.4 Å². The first-order chi connectivity index (χ1) is 15.0. The summed E-state index contributed by atoms with van der Waals surface area (Å²) in [5, 5.41) is 31.1. The van der Waals surface area contributed by atoms with Gasteiger partial charge in [-0.15, -0.1) is 0 Å². The molecule has 3 N–H and O–H groups in total. The summed E-state index contributed by atoms with van der Waals surface area (Å²) >= 11 is 0. The minimum atomic E-state index is -1.73. The zero-order chi connectivity index (χ0) is 23.9. The van der Waals surface area contributed by atoms with Crippen LogP contribution in [-0.4, -0.2) is 59.7 Å². The molecular weight excluding hydrogens is 409 g/mol. The fourth-order valence-corrected chi connectivity index (χ4v) is 3.79. The van der Waals surface area contributed by atoms with E-state index >= 15 is 0 Å². The lowest BCUT2D eigenvalue weighted by Crippen LogP contribution is -2.48. The number of benzene rings is 1. The molecule has 174 valence electrons. The second kappa shape index (κ2) is 11.3. The van der Waals surface area contributed by atoms with Crippen LogP contribution < -0.4 is 5.32 Å². The molecule has 8 nitrogen and oxygen atoms in total. The Bertz CT molecular complexity index is 816. The number of nitriles is 1. The van der Waals surface area contributed by atoms with E-state index in [9.17, 15) is 24.9 Å². The maximum absolute atomic E-state index is 12.7. The molecule has 32 heavy (non-hydrogen) atoms. The van der Waals surface area contributed by atoms with E-state index in [4.69, 9.17) is 4.74 Å². The monoisotopic (exact) mass is 443 g/mol. The number of carbonyl (C=O) groups is 2. The molecule has 0 aromatic heterocycles. The number of carbonyl (C=O) groups excluding carboxylic acids is 2. The number of alkyl carbamates (subject to hydrolysis) is 1. The van der Waals surface area contributed by atoms with Crippen molar-refractivity contribution < 1.29 is 24.4 Å². The Morgan fingerprint density at radius 3 is 2.53 bits per heavy atom. The third kappa shape index (κ3) is 8.17. The minimum absolute atomic E-state index is 0.0201. The van der Waals surface area contributed by atoms with E-state index in [1.807, 2.05) is 52.0 Å². The lowest BCUT2D eigenvalue weighted by molar-refractivity contribution is -0.133. The number of ether oxygens (including phenoxy) is 1. The maximum Gasteiger partial charge on any atom is 0.475 e. The molecule has 3 atom stereocenters. The molecule has 9 heteroatoms. The summed E-state index contributed by atoms with van der Waals surface area (Å²) in [5.41, 5.74) is 1.83. The summed E-state index contributed by atoms with van der Waals surface area (Å²) in [6, 6.07) is 9.70. The molecule has 1 aromatic rings.